The lowest BCUT2D eigenvalue weighted by Crippen LogP contribution is -2.09. The highest BCUT2D eigenvalue weighted by Crippen LogP contribution is 1.87. The summed E-state index contributed by atoms with van der Waals surface area (Å²) in [7, 11) is 0. The maximum Gasteiger partial charge on any atom is 0.159 e. The zero-order valence-corrected chi connectivity index (χ0v) is 7.52. The summed E-state index contributed by atoms with van der Waals surface area (Å²) in [4.78, 5) is 0. The smallest absolute Gasteiger partial charge is 0.159 e. The van der Waals surface area contributed by atoms with Crippen LogP contribution in [0.3, 0.4) is 0 Å². The van der Waals surface area contributed by atoms with Gasteiger partial charge in [0.1, 0.15) is 6.61 Å². The fraction of sp³-hybridized carbons (Fsp3) is 0.857. The van der Waals surface area contributed by atoms with Crippen molar-refractivity contribution < 1.29 is 14.6 Å². The predicted octanol–water partition coefficient (Wildman–Crippen LogP) is 0.749. The van der Waals surface area contributed by atoms with Crippen LogP contribution in [-0.4, -0.2) is 36.6 Å². The molecular weight excluding hydrogens is 164 g/mol. The minimum absolute atomic E-state index is 0.0538. The van der Waals surface area contributed by atoms with Gasteiger partial charge in [-0.1, -0.05) is 6.92 Å². The highest BCUT2D eigenvalue weighted by atomic mass is 32.1. The molecule has 0 saturated heterocycles. The second-order valence-electron chi connectivity index (χ2n) is 1.91. The number of ether oxygens (including phenoxy) is 2. The zero-order valence-electron chi connectivity index (χ0n) is 6.71. The average Bonchev–Trinajstić information content (AvgIpc) is 2.04. The summed E-state index contributed by atoms with van der Waals surface area (Å²) >= 11 is 4.81. The van der Waals surface area contributed by atoms with Gasteiger partial charge in [-0.3, -0.25) is 0 Å². The minimum Gasteiger partial charge on any atom is -0.485 e. The summed E-state index contributed by atoms with van der Waals surface area (Å²) < 4.78 is 10.0. The first kappa shape index (κ1) is 10.8. The van der Waals surface area contributed by atoms with Crippen LogP contribution < -0.4 is 0 Å². The molecule has 0 saturated carbocycles. The van der Waals surface area contributed by atoms with Gasteiger partial charge in [0.05, 0.1) is 19.8 Å². The molecule has 3 nitrogen and oxygen atoms in total. The number of thiocarbonyl (C=S) groups is 1. The van der Waals surface area contributed by atoms with Gasteiger partial charge >= 0.3 is 0 Å². The number of hydrogen-bond donors (Lipinski definition) is 1. The lowest BCUT2D eigenvalue weighted by molar-refractivity contribution is 0.0682. The molecule has 0 radical (unpaired) electrons. The summed E-state index contributed by atoms with van der Waals surface area (Å²) in [6.45, 7) is 3.32. The SMILES string of the molecule is CCC(=S)OCCOCCO. The number of aliphatic hydroxyl groups excluding tert-OH is 1. The van der Waals surface area contributed by atoms with Crippen molar-refractivity contribution in [2.75, 3.05) is 26.4 Å². The minimum atomic E-state index is 0.0538. The number of aliphatic hydroxyl groups is 1. The van der Waals surface area contributed by atoms with Crippen molar-refractivity contribution in [2.24, 2.45) is 0 Å². The Balaban J connectivity index is 2.95. The molecule has 1 N–H and O–H groups in total. The summed E-state index contributed by atoms with van der Waals surface area (Å²) in [5, 5.41) is 8.94. The van der Waals surface area contributed by atoms with Crippen LogP contribution in [0.4, 0.5) is 0 Å². The Morgan fingerprint density at radius 1 is 1.36 bits per heavy atom. The van der Waals surface area contributed by atoms with E-state index in [0.717, 1.165) is 6.42 Å². The van der Waals surface area contributed by atoms with E-state index in [-0.39, 0.29) is 6.61 Å². The largest absolute Gasteiger partial charge is 0.485 e. The van der Waals surface area contributed by atoms with Gasteiger partial charge in [0.2, 0.25) is 0 Å². The van der Waals surface area contributed by atoms with E-state index in [0.29, 0.717) is 24.9 Å². The Morgan fingerprint density at radius 2 is 2.09 bits per heavy atom. The van der Waals surface area contributed by atoms with Crippen LogP contribution in [-0.2, 0) is 9.47 Å². The molecule has 0 fully saturated rings. The summed E-state index contributed by atoms with van der Waals surface area (Å²) in [5.74, 6) is 0. The first-order valence-corrected chi connectivity index (χ1v) is 4.06. The molecule has 0 bridgehead atoms. The third-order valence-corrected chi connectivity index (χ3v) is 1.42. The lowest BCUT2D eigenvalue weighted by atomic mass is 10.5. The Kier molecular flexibility index (Phi) is 7.78. The number of hydrogen-bond acceptors (Lipinski definition) is 4. The van der Waals surface area contributed by atoms with Gasteiger partial charge in [0, 0.05) is 6.42 Å². The standard InChI is InChI=1S/C7H14O3S/c1-2-7(11)10-6-5-9-4-3-8/h8H,2-6H2,1H3. The van der Waals surface area contributed by atoms with Crippen LogP contribution in [0.15, 0.2) is 0 Å². The van der Waals surface area contributed by atoms with E-state index < -0.39 is 0 Å². The van der Waals surface area contributed by atoms with E-state index in [1.165, 1.54) is 0 Å². The van der Waals surface area contributed by atoms with E-state index in [4.69, 9.17) is 26.8 Å². The van der Waals surface area contributed by atoms with E-state index in [9.17, 15) is 0 Å². The second kappa shape index (κ2) is 7.91. The normalized spacial score (nSPS) is 9.64. The van der Waals surface area contributed by atoms with Gasteiger partial charge in [-0.05, 0) is 12.2 Å². The van der Waals surface area contributed by atoms with Crippen molar-refractivity contribution in [1.82, 2.24) is 0 Å². The molecule has 4 heteroatoms. The van der Waals surface area contributed by atoms with Gasteiger partial charge < -0.3 is 14.6 Å². The van der Waals surface area contributed by atoms with E-state index >= 15 is 0 Å². The average molecular weight is 178 g/mol. The first-order chi connectivity index (χ1) is 5.31. The molecule has 0 spiro atoms. The molecule has 0 atom stereocenters. The summed E-state index contributed by atoms with van der Waals surface area (Å²) in [6.07, 6.45) is 0.759. The van der Waals surface area contributed by atoms with Crippen LogP contribution in [0.2, 0.25) is 0 Å². The topological polar surface area (TPSA) is 38.7 Å². The van der Waals surface area contributed by atoms with Crippen molar-refractivity contribution in [2.45, 2.75) is 13.3 Å². The molecule has 0 aliphatic rings. The molecule has 0 amide bonds. The van der Waals surface area contributed by atoms with Gasteiger partial charge in [-0.25, -0.2) is 0 Å². The highest BCUT2D eigenvalue weighted by Gasteiger charge is 1.92. The summed E-state index contributed by atoms with van der Waals surface area (Å²) in [5.41, 5.74) is 0. The summed E-state index contributed by atoms with van der Waals surface area (Å²) in [6, 6.07) is 0. The highest BCUT2D eigenvalue weighted by molar-refractivity contribution is 7.80. The van der Waals surface area contributed by atoms with Crippen LogP contribution in [0.1, 0.15) is 13.3 Å². The molecule has 0 aliphatic carbocycles. The fourth-order valence-electron chi connectivity index (χ4n) is 0.483. The molecule has 66 valence electrons. The molecule has 11 heavy (non-hydrogen) atoms. The second-order valence-corrected chi connectivity index (χ2v) is 2.37. The van der Waals surface area contributed by atoms with Crippen LogP contribution >= 0.6 is 12.2 Å². The number of rotatable bonds is 6. The maximum absolute atomic E-state index is 8.33. The lowest BCUT2D eigenvalue weighted by Gasteiger charge is -2.04. The van der Waals surface area contributed by atoms with Gasteiger partial charge in [-0.2, -0.15) is 0 Å². The van der Waals surface area contributed by atoms with Crippen molar-refractivity contribution in [1.29, 1.82) is 0 Å². The quantitative estimate of drug-likeness (QED) is 0.481. The van der Waals surface area contributed by atoms with E-state index in [1.54, 1.807) is 0 Å². The monoisotopic (exact) mass is 178 g/mol. The Bertz CT molecular complexity index is 106. The van der Waals surface area contributed by atoms with Crippen molar-refractivity contribution >= 4 is 17.3 Å². The third kappa shape index (κ3) is 7.71. The molecule has 0 aromatic carbocycles. The Hall–Kier alpha value is -0.190. The Morgan fingerprint density at radius 3 is 2.64 bits per heavy atom. The van der Waals surface area contributed by atoms with E-state index in [1.807, 2.05) is 6.92 Å². The van der Waals surface area contributed by atoms with Gasteiger partial charge in [0.15, 0.2) is 5.05 Å². The third-order valence-electron chi connectivity index (χ3n) is 1.02. The Labute approximate surface area is 72.3 Å². The molecule has 0 aliphatic heterocycles. The van der Waals surface area contributed by atoms with E-state index in [2.05, 4.69) is 0 Å². The van der Waals surface area contributed by atoms with Crippen LogP contribution in [0.5, 0.6) is 0 Å². The van der Waals surface area contributed by atoms with Gasteiger partial charge in [0.25, 0.3) is 0 Å². The molecule has 0 aromatic heterocycles. The fourth-order valence-corrected chi connectivity index (χ4v) is 0.566. The maximum atomic E-state index is 8.33. The van der Waals surface area contributed by atoms with Crippen LogP contribution in [0, 0.1) is 0 Å². The first-order valence-electron chi connectivity index (χ1n) is 3.65. The molecule has 0 aromatic rings. The predicted molar refractivity (Wildman–Crippen MR) is 46.7 cm³/mol. The van der Waals surface area contributed by atoms with Crippen molar-refractivity contribution in [3.8, 4) is 0 Å². The van der Waals surface area contributed by atoms with Crippen molar-refractivity contribution in [3.63, 3.8) is 0 Å². The van der Waals surface area contributed by atoms with Gasteiger partial charge in [-0.15, -0.1) is 0 Å². The van der Waals surface area contributed by atoms with Crippen molar-refractivity contribution in [3.05, 3.63) is 0 Å². The molecule has 0 unspecified atom stereocenters. The molecule has 0 rings (SSSR count). The molecular formula is C7H14O3S. The molecule has 0 heterocycles. The van der Waals surface area contributed by atoms with Crippen LogP contribution in [0.25, 0.3) is 0 Å². The zero-order chi connectivity index (χ0) is 8.53.